The van der Waals surface area contributed by atoms with Gasteiger partial charge in [-0.15, -0.1) is 10.2 Å². The number of nitrogens with zero attached hydrogens (tertiary/aromatic N) is 3. The van der Waals surface area contributed by atoms with Gasteiger partial charge in [0.15, 0.2) is 22.2 Å². The van der Waals surface area contributed by atoms with E-state index in [-0.39, 0.29) is 11.7 Å². The second-order valence-electron chi connectivity index (χ2n) is 6.95. The highest BCUT2D eigenvalue weighted by Crippen LogP contribution is 2.33. The van der Waals surface area contributed by atoms with Gasteiger partial charge in [-0.3, -0.25) is 9.36 Å². The van der Waals surface area contributed by atoms with Crippen molar-refractivity contribution in [3.8, 4) is 17.3 Å². The van der Waals surface area contributed by atoms with Gasteiger partial charge in [-0.05, 0) is 43.3 Å². The second kappa shape index (κ2) is 9.78. The average molecular weight is 467 g/mol. The SMILES string of the molecule is CCn1c(SCC(=O)Nc2ccc(C(=O)OC)cc2)nnc1-c1cc2cccc(OC)c2o1. The summed E-state index contributed by atoms with van der Waals surface area (Å²) in [6.07, 6.45) is 0. The minimum Gasteiger partial charge on any atom is -0.493 e. The Morgan fingerprint density at radius 3 is 2.61 bits per heavy atom. The highest BCUT2D eigenvalue weighted by molar-refractivity contribution is 7.99. The van der Waals surface area contributed by atoms with Crippen molar-refractivity contribution < 1.29 is 23.5 Å². The number of amides is 1. The molecule has 33 heavy (non-hydrogen) atoms. The van der Waals surface area contributed by atoms with Crippen molar-refractivity contribution in [1.82, 2.24) is 14.8 Å². The second-order valence-corrected chi connectivity index (χ2v) is 7.89. The first-order chi connectivity index (χ1) is 16.0. The van der Waals surface area contributed by atoms with Crippen molar-refractivity contribution in [3.63, 3.8) is 0 Å². The van der Waals surface area contributed by atoms with Crippen LogP contribution in [0.3, 0.4) is 0 Å². The quantitative estimate of drug-likeness (QED) is 0.303. The Morgan fingerprint density at radius 1 is 1.12 bits per heavy atom. The highest BCUT2D eigenvalue weighted by atomic mass is 32.2. The molecule has 10 heteroatoms. The molecule has 9 nitrogen and oxygen atoms in total. The minimum absolute atomic E-state index is 0.144. The van der Waals surface area contributed by atoms with Crippen molar-refractivity contribution in [3.05, 3.63) is 54.1 Å². The van der Waals surface area contributed by atoms with E-state index in [1.165, 1.54) is 18.9 Å². The van der Waals surface area contributed by atoms with Crippen LogP contribution in [0.2, 0.25) is 0 Å². The molecule has 0 aliphatic heterocycles. The molecule has 0 aliphatic carbocycles. The van der Waals surface area contributed by atoms with E-state index in [1.54, 1.807) is 31.4 Å². The van der Waals surface area contributed by atoms with Crippen molar-refractivity contribution in [1.29, 1.82) is 0 Å². The number of fused-ring (bicyclic) bond motifs is 1. The number of carbonyl (C=O) groups excluding carboxylic acids is 2. The molecule has 1 N–H and O–H groups in total. The predicted molar refractivity (Wildman–Crippen MR) is 125 cm³/mol. The maximum absolute atomic E-state index is 12.4. The molecule has 2 aromatic heterocycles. The van der Waals surface area contributed by atoms with E-state index in [1.807, 2.05) is 35.8 Å². The van der Waals surface area contributed by atoms with Crippen LogP contribution in [0, 0.1) is 0 Å². The molecule has 0 unspecified atom stereocenters. The summed E-state index contributed by atoms with van der Waals surface area (Å²) in [6.45, 7) is 2.58. The monoisotopic (exact) mass is 466 g/mol. The summed E-state index contributed by atoms with van der Waals surface area (Å²) in [6, 6.07) is 14.1. The summed E-state index contributed by atoms with van der Waals surface area (Å²) in [7, 11) is 2.92. The normalized spacial score (nSPS) is 10.9. The van der Waals surface area contributed by atoms with Gasteiger partial charge in [0, 0.05) is 17.6 Å². The molecule has 0 bridgehead atoms. The van der Waals surface area contributed by atoms with Crippen LogP contribution in [-0.4, -0.2) is 46.6 Å². The van der Waals surface area contributed by atoms with E-state index in [0.717, 1.165) is 5.39 Å². The molecule has 2 aromatic carbocycles. The zero-order valence-electron chi connectivity index (χ0n) is 18.3. The topological polar surface area (TPSA) is 108 Å². The number of methoxy groups -OCH3 is 2. The van der Waals surface area contributed by atoms with Gasteiger partial charge in [-0.1, -0.05) is 23.9 Å². The van der Waals surface area contributed by atoms with Crippen molar-refractivity contribution >= 4 is 40.3 Å². The van der Waals surface area contributed by atoms with Gasteiger partial charge in [0.05, 0.1) is 25.5 Å². The number of hydrogen-bond donors (Lipinski definition) is 1. The number of para-hydroxylation sites is 1. The number of benzene rings is 2. The summed E-state index contributed by atoms with van der Waals surface area (Å²) in [4.78, 5) is 23.9. The van der Waals surface area contributed by atoms with Crippen LogP contribution in [0.15, 0.2) is 58.1 Å². The molecule has 0 saturated heterocycles. The standard InChI is InChI=1S/C23H22N4O5S/c1-4-27-21(18-12-15-6-5-7-17(30-2)20(15)32-18)25-26-23(27)33-13-19(28)24-16-10-8-14(9-11-16)22(29)31-3/h5-12H,4,13H2,1-3H3,(H,24,28). The maximum Gasteiger partial charge on any atom is 0.337 e. The first-order valence-electron chi connectivity index (χ1n) is 10.1. The van der Waals surface area contributed by atoms with E-state index in [4.69, 9.17) is 9.15 Å². The Bertz CT molecular complexity index is 1300. The van der Waals surface area contributed by atoms with Crippen LogP contribution >= 0.6 is 11.8 Å². The third-order valence-electron chi connectivity index (χ3n) is 4.90. The number of nitrogens with one attached hydrogen (secondary N) is 1. The highest BCUT2D eigenvalue weighted by Gasteiger charge is 2.19. The van der Waals surface area contributed by atoms with Gasteiger partial charge >= 0.3 is 5.97 Å². The molecule has 0 saturated carbocycles. The summed E-state index contributed by atoms with van der Waals surface area (Å²) >= 11 is 1.28. The number of thioether (sulfide) groups is 1. The van der Waals surface area contributed by atoms with E-state index < -0.39 is 5.97 Å². The molecule has 0 radical (unpaired) electrons. The fourth-order valence-electron chi connectivity index (χ4n) is 3.30. The Hall–Kier alpha value is -3.79. The number of rotatable bonds is 8. The molecule has 4 rings (SSSR count). The molecule has 0 aliphatic rings. The van der Waals surface area contributed by atoms with Crippen LogP contribution in [-0.2, 0) is 16.1 Å². The minimum atomic E-state index is -0.430. The number of anilines is 1. The third kappa shape index (κ3) is 4.70. The average Bonchev–Trinajstić information content (AvgIpc) is 3.46. The Balaban J connectivity index is 1.45. The van der Waals surface area contributed by atoms with Crippen LogP contribution in [0.4, 0.5) is 5.69 Å². The zero-order chi connectivity index (χ0) is 23.4. The van der Waals surface area contributed by atoms with Crippen molar-refractivity contribution in [2.24, 2.45) is 0 Å². The fraction of sp³-hybridized carbons (Fsp3) is 0.217. The largest absolute Gasteiger partial charge is 0.493 e. The van der Waals surface area contributed by atoms with Gasteiger partial charge in [0.2, 0.25) is 11.7 Å². The first kappa shape index (κ1) is 22.4. The Morgan fingerprint density at radius 2 is 1.91 bits per heavy atom. The predicted octanol–water partition coefficient (Wildman–Crippen LogP) is 4.24. The first-order valence-corrected chi connectivity index (χ1v) is 11.1. The maximum atomic E-state index is 12.4. The molecule has 170 valence electrons. The van der Waals surface area contributed by atoms with Crippen LogP contribution < -0.4 is 10.1 Å². The molecular formula is C23H22N4O5S. The molecule has 2 heterocycles. The third-order valence-corrected chi connectivity index (χ3v) is 5.87. The Labute approximate surface area is 194 Å². The lowest BCUT2D eigenvalue weighted by Gasteiger charge is -2.07. The van der Waals surface area contributed by atoms with Gasteiger partial charge in [0.25, 0.3) is 0 Å². The lowest BCUT2D eigenvalue weighted by atomic mass is 10.2. The summed E-state index contributed by atoms with van der Waals surface area (Å²) in [5.41, 5.74) is 1.64. The van der Waals surface area contributed by atoms with Crippen molar-refractivity contribution in [2.45, 2.75) is 18.6 Å². The summed E-state index contributed by atoms with van der Waals surface area (Å²) in [5, 5.41) is 12.8. The van der Waals surface area contributed by atoms with Crippen molar-refractivity contribution in [2.75, 3.05) is 25.3 Å². The number of furan rings is 1. The van der Waals surface area contributed by atoms with E-state index >= 15 is 0 Å². The number of ether oxygens (including phenoxy) is 2. The van der Waals surface area contributed by atoms with Gasteiger partial charge < -0.3 is 19.2 Å². The lowest BCUT2D eigenvalue weighted by Crippen LogP contribution is -2.14. The summed E-state index contributed by atoms with van der Waals surface area (Å²) < 4.78 is 17.9. The molecule has 0 spiro atoms. The van der Waals surface area contributed by atoms with Gasteiger partial charge in [-0.2, -0.15) is 0 Å². The lowest BCUT2D eigenvalue weighted by molar-refractivity contribution is -0.113. The smallest absolute Gasteiger partial charge is 0.337 e. The number of aromatic nitrogens is 3. The molecule has 1 amide bonds. The molecular weight excluding hydrogens is 444 g/mol. The van der Waals surface area contributed by atoms with E-state index in [2.05, 4.69) is 20.3 Å². The van der Waals surface area contributed by atoms with Crippen LogP contribution in [0.1, 0.15) is 17.3 Å². The van der Waals surface area contributed by atoms with E-state index in [9.17, 15) is 9.59 Å². The number of hydrogen-bond acceptors (Lipinski definition) is 8. The van der Waals surface area contributed by atoms with Crippen LogP contribution in [0.25, 0.3) is 22.6 Å². The zero-order valence-corrected chi connectivity index (χ0v) is 19.1. The molecule has 0 atom stereocenters. The number of esters is 1. The summed E-state index contributed by atoms with van der Waals surface area (Å²) in [5.74, 6) is 1.31. The van der Waals surface area contributed by atoms with Gasteiger partial charge in [0.1, 0.15) is 0 Å². The fourth-order valence-corrected chi connectivity index (χ4v) is 4.11. The Kier molecular flexibility index (Phi) is 6.64. The number of carbonyl (C=O) groups is 2. The van der Waals surface area contributed by atoms with E-state index in [0.29, 0.717) is 45.9 Å². The van der Waals surface area contributed by atoms with Gasteiger partial charge in [-0.25, -0.2) is 4.79 Å². The van der Waals surface area contributed by atoms with Crippen LogP contribution in [0.5, 0.6) is 5.75 Å². The molecule has 0 fully saturated rings. The molecule has 4 aromatic rings.